The van der Waals surface area contributed by atoms with Gasteiger partial charge in [0.1, 0.15) is 6.54 Å². The molecule has 0 saturated carbocycles. The second-order valence-corrected chi connectivity index (χ2v) is 6.30. The van der Waals surface area contributed by atoms with E-state index >= 15 is 0 Å². The molecule has 0 fully saturated rings. The van der Waals surface area contributed by atoms with Crippen molar-refractivity contribution in [2.45, 2.75) is 32.4 Å². The summed E-state index contributed by atoms with van der Waals surface area (Å²) >= 11 is 1.73. The van der Waals surface area contributed by atoms with Crippen LogP contribution in [0.25, 0.3) is 0 Å². The van der Waals surface area contributed by atoms with Crippen LogP contribution < -0.4 is 11.2 Å². The summed E-state index contributed by atoms with van der Waals surface area (Å²) in [5.74, 6) is -0.0992. The van der Waals surface area contributed by atoms with Crippen LogP contribution in [-0.4, -0.2) is 26.9 Å². The van der Waals surface area contributed by atoms with Gasteiger partial charge in [-0.25, -0.2) is 4.79 Å². The van der Waals surface area contributed by atoms with Crippen LogP contribution in [0.5, 0.6) is 0 Å². The van der Waals surface area contributed by atoms with Gasteiger partial charge in [-0.05, 0) is 29.9 Å². The van der Waals surface area contributed by atoms with E-state index in [-0.39, 0.29) is 18.5 Å². The molecule has 22 heavy (non-hydrogen) atoms. The standard InChI is InChI=1S/C15H17N3O3S/c1-2-11-10-5-8-22-12(10)3-7-18(11)14(20)9-17-6-4-13(19)16-15(17)21/h4-6,8,11H,2-3,7,9H2,1H3,(H,16,19,21)/t11-/m0/s1. The van der Waals surface area contributed by atoms with Crippen LogP contribution in [0.1, 0.15) is 29.8 Å². The van der Waals surface area contributed by atoms with E-state index in [0.29, 0.717) is 6.54 Å². The zero-order valence-corrected chi connectivity index (χ0v) is 13.1. The molecule has 3 rings (SSSR count). The number of aromatic nitrogens is 2. The number of carbonyl (C=O) groups excluding carboxylic acids is 1. The van der Waals surface area contributed by atoms with Gasteiger partial charge in [0.25, 0.3) is 5.56 Å². The van der Waals surface area contributed by atoms with Crippen LogP contribution in [0.2, 0.25) is 0 Å². The number of hydrogen-bond donors (Lipinski definition) is 1. The highest BCUT2D eigenvalue weighted by atomic mass is 32.1. The maximum absolute atomic E-state index is 12.6. The highest BCUT2D eigenvalue weighted by Gasteiger charge is 2.30. The van der Waals surface area contributed by atoms with Crippen molar-refractivity contribution in [1.29, 1.82) is 0 Å². The first kappa shape index (κ1) is 14.8. The van der Waals surface area contributed by atoms with Gasteiger partial charge in [-0.15, -0.1) is 11.3 Å². The Morgan fingerprint density at radius 1 is 1.41 bits per heavy atom. The zero-order valence-electron chi connectivity index (χ0n) is 12.2. The van der Waals surface area contributed by atoms with Crippen LogP contribution in [0.3, 0.4) is 0 Å². The molecule has 0 aliphatic carbocycles. The molecular weight excluding hydrogens is 302 g/mol. The molecule has 0 bridgehead atoms. The van der Waals surface area contributed by atoms with E-state index in [0.717, 1.165) is 12.8 Å². The van der Waals surface area contributed by atoms with Gasteiger partial charge in [-0.3, -0.25) is 19.1 Å². The molecule has 2 aromatic rings. The molecular formula is C15H17N3O3S. The zero-order chi connectivity index (χ0) is 15.7. The van der Waals surface area contributed by atoms with Crippen LogP contribution in [0, 0.1) is 0 Å². The predicted octanol–water partition coefficient (Wildman–Crippen LogP) is 1.13. The van der Waals surface area contributed by atoms with Gasteiger partial charge in [0, 0.05) is 23.7 Å². The Kier molecular flexibility index (Phi) is 3.98. The predicted molar refractivity (Wildman–Crippen MR) is 84.1 cm³/mol. The van der Waals surface area contributed by atoms with Gasteiger partial charge in [0.2, 0.25) is 5.91 Å². The van der Waals surface area contributed by atoms with Crippen molar-refractivity contribution in [3.63, 3.8) is 0 Å². The molecule has 0 spiro atoms. The van der Waals surface area contributed by atoms with Gasteiger partial charge >= 0.3 is 5.69 Å². The third kappa shape index (κ3) is 2.64. The summed E-state index contributed by atoms with van der Waals surface area (Å²) in [6.45, 7) is 2.68. The number of nitrogens with one attached hydrogen (secondary N) is 1. The molecule has 1 aliphatic rings. The minimum absolute atomic E-state index is 0.0500. The first-order chi connectivity index (χ1) is 10.6. The Morgan fingerprint density at radius 2 is 2.23 bits per heavy atom. The molecule has 2 aromatic heterocycles. The summed E-state index contributed by atoms with van der Waals surface area (Å²) in [4.78, 5) is 40.7. The lowest BCUT2D eigenvalue weighted by molar-refractivity contribution is -0.135. The number of carbonyl (C=O) groups is 1. The second kappa shape index (κ2) is 5.92. The molecule has 1 aliphatic heterocycles. The fraction of sp³-hybridized carbons (Fsp3) is 0.400. The van der Waals surface area contributed by atoms with Crippen molar-refractivity contribution >= 4 is 17.2 Å². The average Bonchev–Trinajstić information content (AvgIpc) is 2.97. The number of thiophene rings is 1. The average molecular weight is 319 g/mol. The van der Waals surface area contributed by atoms with Crippen LogP contribution in [0.4, 0.5) is 0 Å². The number of rotatable bonds is 3. The van der Waals surface area contributed by atoms with E-state index in [2.05, 4.69) is 23.4 Å². The van der Waals surface area contributed by atoms with E-state index in [1.807, 2.05) is 4.90 Å². The van der Waals surface area contributed by atoms with Gasteiger partial charge in [0.15, 0.2) is 0 Å². The third-order valence-corrected chi connectivity index (χ3v) is 5.00. The molecule has 7 heteroatoms. The summed E-state index contributed by atoms with van der Waals surface area (Å²) in [5, 5.41) is 2.06. The Bertz CT molecular complexity index is 805. The molecule has 116 valence electrons. The monoisotopic (exact) mass is 319 g/mol. The van der Waals surface area contributed by atoms with Gasteiger partial charge in [0.05, 0.1) is 6.04 Å². The Morgan fingerprint density at radius 3 is 2.95 bits per heavy atom. The molecule has 0 radical (unpaired) electrons. The third-order valence-electron chi connectivity index (χ3n) is 4.00. The number of nitrogens with zero attached hydrogens (tertiary/aromatic N) is 2. The van der Waals surface area contributed by atoms with E-state index in [1.54, 1.807) is 11.3 Å². The van der Waals surface area contributed by atoms with E-state index in [9.17, 15) is 14.4 Å². The van der Waals surface area contributed by atoms with Crippen LogP contribution in [-0.2, 0) is 17.8 Å². The Balaban J connectivity index is 1.83. The highest BCUT2D eigenvalue weighted by Crippen LogP contribution is 2.35. The van der Waals surface area contributed by atoms with Crippen molar-refractivity contribution < 1.29 is 4.79 Å². The molecule has 3 heterocycles. The molecule has 6 nitrogen and oxygen atoms in total. The van der Waals surface area contributed by atoms with Crippen molar-refractivity contribution in [1.82, 2.24) is 14.5 Å². The lowest BCUT2D eigenvalue weighted by Crippen LogP contribution is -2.43. The largest absolute Gasteiger partial charge is 0.334 e. The fourth-order valence-electron chi connectivity index (χ4n) is 2.94. The summed E-state index contributed by atoms with van der Waals surface area (Å²) in [6, 6.07) is 3.40. The minimum Gasteiger partial charge on any atom is -0.334 e. The summed E-state index contributed by atoms with van der Waals surface area (Å²) < 4.78 is 1.24. The maximum atomic E-state index is 12.6. The van der Waals surface area contributed by atoms with Crippen molar-refractivity contribution in [3.05, 3.63) is 55.0 Å². The van der Waals surface area contributed by atoms with Crippen LogP contribution >= 0.6 is 11.3 Å². The van der Waals surface area contributed by atoms with Gasteiger partial charge < -0.3 is 4.90 Å². The van der Waals surface area contributed by atoms with E-state index in [1.165, 1.54) is 27.3 Å². The summed E-state index contributed by atoms with van der Waals surface area (Å²) in [6.07, 6.45) is 3.06. The maximum Gasteiger partial charge on any atom is 0.328 e. The summed E-state index contributed by atoms with van der Waals surface area (Å²) in [7, 11) is 0. The van der Waals surface area contributed by atoms with E-state index < -0.39 is 11.2 Å². The molecule has 1 N–H and O–H groups in total. The SMILES string of the molecule is CC[C@H]1c2ccsc2CCN1C(=O)Cn1ccc(=O)[nH]c1=O. The number of fused-ring (bicyclic) bond motifs is 1. The smallest absolute Gasteiger partial charge is 0.328 e. The Hall–Kier alpha value is -2.15. The number of H-pyrrole nitrogens is 1. The first-order valence-electron chi connectivity index (χ1n) is 7.25. The topological polar surface area (TPSA) is 75.2 Å². The second-order valence-electron chi connectivity index (χ2n) is 5.30. The highest BCUT2D eigenvalue weighted by molar-refractivity contribution is 7.10. The quantitative estimate of drug-likeness (QED) is 0.921. The van der Waals surface area contributed by atoms with Gasteiger partial charge in [-0.2, -0.15) is 0 Å². The Labute approximate surface area is 131 Å². The molecule has 0 unspecified atom stereocenters. The van der Waals surface area contributed by atoms with E-state index in [4.69, 9.17) is 0 Å². The molecule has 1 atom stereocenters. The molecule has 0 saturated heterocycles. The number of amides is 1. The van der Waals surface area contributed by atoms with Crippen molar-refractivity contribution in [2.24, 2.45) is 0 Å². The fourth-order valence-corrected chi connectivity index (χ4v) is 3.87. The van der Waals surface area contributed by atoms with Crippen molar-refractivity contribution in [2.75, 3.05) is 6.54 Å². The molecule has 1 amide bonds. The van der Waals surface area contributed by atoms with Crippen LogP contribution in [0.15, 0.2) is 33.3 Å². The summed E-state index contributed by atoms with van der Waals surface area (Å²) in [5.41, 5.74) is 0.212. The number of aromatic amines is 1. The number of hydrogen-bond acceptors (Lipinski definition) is 4. The lowest BCUT2D eigenvalue weighted by Gasteiger charge is -2.35. The normalized spacial score (nSPS) is 17.3. The minimum atomic E-state index is -0.554. The van der Waals surface area contributed by atoms with Crippen molar-refractivity contribution in [3.8, 4) is 0 Å². The van der Waals surface area contributed by atoms with Gasteiger partial charge in [-0.1, -0.05) is 6.92 Å². The molecule has 0 aromatic carbocycles. The first-order valence-corrected chi connectivity index (χ1v) is 8.13. The lowest BCUT2D eigenvalue weighted by atomic mass is 9.98.